The fourth-order valence-corrected chi connectivity index (χ4v) is 4.13. The number of anilines is 1. The highest BCUT2D eigenvalue weighted by atomic mass is 32.1. The lowest BCUT2D eigenvalue weighted by Gasteiger charge is -2.20. The smallest absolute Gasteiger partial charge is 0.266 e. The zero-order valence-corrected chi connectivity index (χ0v) is 16.2. The predicted octanol–water partition coefficient (Wildman–Crippen LogP) is 4.55. The molecule has 0 unspecified atom stereocenters. The van der Waals surface area contributed by atoms with Gasteiger partial charge in [-0.25, -0.2) is 13.8 Å². The monoisotopic (exact) mass is 425 g/mol. The minimum Gasteiger partial charge on any atom is -0.454 e. The average Bonchev–Trinajstić information content (AvgIpc) is 3.36. The van der Waals surface area contributed by atoms with Gasteiger partial charge in [-0.3, -0.25) is 14.7 Å². The molecule has 1 aliphatic rings. The summed E-state index contributed by atoms with van der Waals surface area (Å²) in [6.45, 7) is 0.185. The Balaban J connectivity index is 1.61. The summed E-state index contributed by atoms with van der Waals surface area (Å²) in [7, 11) is 0. The van der Waals surface area contributed by atoms with Crippen LogP contribution >= 0.6 is 11.3 Å². The molecule has 1 aliphatic heterocycles. The largest absolute Gasteiger partial charge is 0.454 e. The normalized spacial score (nSPS) is 12.3. The summed E-state index contributed by atoms with van der Waals surface area (Å²) in [5.74, 6) is -1.54. The van der Waals surface area contributed by atoms with Gasteiger partial charge in [-0.15, -0.1) is 0 Å². The summed E-state index contributed by atoms with van der Waals surface area (Å²) in [5, 5.41) is 0.296. The maximum atomic E-state index is 14.3. The Hall–Kier alpha value is -3.59. The number of hydrogen-bond donors (Lipinski definition) is 0. The molecule has 0 N–H and O–H groups in total. The molecule has 0 atom stereocenters. The van der Waals surface area contributed by atoms with Gasteiger partial charge in [0.05, 0.1) is 16.8 Å². The number of carbonyl (C=O) groups is 1. The predicted molar refractivity (Wildman–Crippen MR) is 107 cm³/mol. The lowest BCUT2D eigenvalue weighted by atomic mass is 10.1. The molecule has 0 spiro atoms. The Kier molecular flexibility index (Phi) is 4.51. The van der Waals surface area contributed by atoms with Gasteiger partial charge in [0, 0.05) is 24.5 Å². The summed E-state index contributed by atoms with van der Waals surface area (Å²) in [6.07, 6.45) is 3.19. The van der Waals surface area contributed by atoms with Gasteiger partial charge in [0.1, 0.15) is 17.2 Å². The van der Waals surface area contributed by atoms with Crippen molar-refractivity contribution in [3.8, 4) is 11.5 Å². The van der Waals surface area contributed by atoms with E-state index in [1.54, 1.807) is 36.7 Å². The highest BCUT2D eigenvalue weighted by Crippen LogP contribution is 2.40. The molecule has 5 rings (SSSR count). The minimum atomic E-state index is -0.932. The van der Waals surface area contributed by atoms with Crippen LogP contribution in [0.25, 0.3) is 10.2 Å². The van der Waals surface area contributed by atoms with Crippen molar-refractivity contribution in [3.63, 3.8) is 0 Å². The molecule has 9 heteroatoms. The summed E-state index contributed by atoms with van der Waals surface area (Å²) >= 11 is 1.22. The molecule has 1 amide bonds. The van der Waals surface area contributed by atoms with Crippen molar-refractivity contribution in [2.24, 2.45) is 0 Å². The molecule has 3 heterocycles. The van der Waals surface area contributed by atoms with Crippen molar-refractivity contribution in [1.82, 2.24) is 9.97 Å². The molecule has 0 radical (unpaired) electrons. The van der Waals surface area contributed by atoms with Crippen LogP contribution in [0.2, 0.25) is 0 Å². The molecule has 0 saturated carbocycles. The number of pyridine rings is 1. The van der Waals surface area contributed by atoms with Crippen molar-refractivity contribution in [1.29, 1.82) is 0 Å². The second-order valence-electron chi connectivity index (χ2n) is 6.52. The van der Waals surface area contributed by atoms with E-state index in [1.807, 2.05) is 0 Å². The lowest BCUT2D eigenvalue weighted by Crippen LogP contribution is -2.32. The first-order valence-electron chi connectivity index (χ1n) is 8.95. The van der Waals surface area contributed by atoms with Crippen molar-refractivity contribution in [3.05, 3.63) is 77.6 Å². The molecule has 0 bridgehead atoms. The standard InChI is InChI=1S/C21H13F2N3O3S/c22-13-4-1-5-14(23)19(13)20(27)26(10-12-3-2-6-24-9-12)21-25-15-7-16-17(29-11-28-16)8-18(15)30-21/h1-9H,10-11H2. The number of fused-ring (bicyclic) bond motifs is 2. The summed E-state index contributed by atoms with van der Waals surface area (Å²) < 4.78 is 40.2. The summed E-state index contributed by atoms with van der Waals surface area (Å²) in [4.78, 5) is 23.0. The van der Waals surface area contributed by atoms with Crippen LogP contribution < -0.4 is 14.4 Å². The third-order valence-electron chi connectivity index (χ3n) is 4.59. The zero-order valence-electron chi connectivity index (χ0n) is 15.3. The van der Waals surface area contributed by atoms with Gasteiger partial charge >= 0.3 is 0 Å². The Morgan fingerprint density at radius 3 is 2.60 bits per heavy atom. The van der Waals surface area contributed by atoms with Crippen LogP contribution in [0.5, 0.6) is 11.5 Å². The molecule has 4 aromatic rings. The maximum absolute atomic E-state index is 14.3. The molecular formula is C21H13F2N3O3S. The third kappa shape index (κ3) is 3.22. The van der Waals surface area contributed by atoms with E-state index in [2.05, 4.69) is 9.97 Å². The highest BCUT2D eigenvalue weighted by molar-refractivity contribution is 7.22. The number of thiazole rings is 1. The summed E-state index contributed by atoms with van der Waals surface area (Å²) in [5.41, 5.74) is 0.656. The Morgan fingerprint density at radius 1 is 1.10 bits per heavy atom. The van der Waals surface area contributed by atoms with E-state index in [4.69, 9.17) is 9.47 Å². The first-order chi connectivity index (χ1) is 14.6. The number of rotatable bonds is 4. The zero-order chi connectivity index (χ0) is 20.7. The first-order valence-corrected chi connectivity index (χ1v) is 9.77. The molecule has 2 aromatic heterocycles. The van der Waals surface area contributed by atoms with Gasteiger partial charge in [0.2, 0.25) is 6.79 Å². The molecule has 0 saturated heterocycles. The molecule has 6 nitrogen and oxygen atoms in total. The van der Waals surface area contributed by atoms with Gasteiger partial charge in [0.25, 0.3) is 5.91 Å². The van der Waals surface area contributed by atoms with Crippen LogP contribution in [0.3, 0.4) is 0 Å². The average molecular weight is 425 g/mol. The van der Waals surface area contributed by atoms with Gasteiger partial charge in [-0.05, 0) is 23.8 Å². The number of amides is 1. The van der Waals surface area contributed by atoms with E-state index in [0.29, 0.717) is 27.7 Å². The van der Waals surface area contributed by atoms with E-state index in [1.165, 1.54) is 22.3 Å². The van der Waals surface area contributed by atoms with E-state index in [0.717, 1.165) is 16.8 Å². The number of aromatic nitrogens is 2. The number of halogens is 2. The summed E-state index contributed by atoms with van der Waals surface area (Å²) in [6, 6.07) is 10.3. The van der Waals surface area contributed by atoms with Crippen LogP contribution in [0.15, 0.2) is 54.9 Å². The Labute approximate surface area is 173 Å². The van der Waals surface area contributed by atoms with Gasteiger partial charge in [-0.1, -0.05) is 23.5 Å². The van der Waals surface area contributed by atoms with Crippen LogP contribution in [-0.4, -0.2) is 22.7 Å². The Morgan fingerprint density at radius 2 is 1.87 bits per heavy atom. The Bertz CT molecular complexity index is 1200. The molecule has 2 aromatic carbocycles. The van der Waals surface area contributed by atoms with Gasteiger partial charge in [-0.2, -0.15) is 0 Å². The first kappa shape index (κ1) is 18.4. The number of carbonyl (C=O) groups excluding carboxylic acids is 1. The number of hydrogen-bond acceptors (Lipinski definition) is 6. The molecule has 0 fully saturated rings. The van der Waals surface area contributed by atoms with Crippen molar-refractivity contribution < 1.29 is 23.0 Å². The van der Waals surface area contributed by atoms with E-state index < -0.39 is 23.1 Å². The van der Waals surface area contributed by atoms with Crippen molar-refractivity contribution in [2.45, 2.75) is 6.54 Å². The molecule has 150 valence electrons. The van der Waals surface area contributed by atoms with Crippen LogP contribution in [-0.2, 0) is 6.54 Å². The number of benzene rings is 2. The maximum Gasteiger partial charge on any atom is 0.266 e. The van der Waals surface area contributed by atoms with E-state index in [-0.39, 0.29) is 13.3 Å². The van der Waals surface area contributed by atoms with Crippen LogP contribution in [0, 0.1) is 11.6 Å². The van der Waals surface area contributed by atoms with Crippen LogP contribution in [0.4, 0.5) is 13.9 Å². The SMILES string of the molecule is O=C(c1c(F)cccc1F)N(Cc1cccnc1)c1nc2cc3c(cc2s1)OCO3. The fourth-order valence-electron chi connectivity index (χ4n) is 3.16. The quantitative estimate of drug-likeness (QED) is 0.480. The minimum absolute atomic E-state index is 0.0486. The van der Waals surface area contributed by atoms with Gasteiger partial charge in [0.15, 0.2) is 16.6 Å². The molecule has 0 aliphatic carbocycles. The lowest BCUT2D eigenvalue weighted by molar-refractivity contribution is 0.0977. The number of nitrogens with zero attached hydrogens (tertiary/aromatic N) is 3. The van der Waals surface area contributed by atoms with E-state index in [9.17, 15) is 13.6 Å². The molecule has 30 heavy (non-hydrogen) atoms. The van der Waals surface area contributed by atoms with Crippen molar-refractivity contribution in [2.75, 3.05) is 11.7 Å². The highest BCUT2D eigenvalue weighted by Gasteiger charge is 2.27. The van der Waals surface area contributed by atoms with E-state index >= 15 is 0 Å². The van der Waals surface area contributed by atoms with Crippen molar-refractivity contribution >= 4 is 32.6 Å². The van der Waals surface area contributed by atoms with Crippen LogP contribution in [0.1, 0.15) is 15.9 Å². The second kappa shape index (κ2) is 7.34. The molecular weight excluding hydrogens is 412 g/mol. The third-order valence-corrected chi connectivity index (χ3v) is 5.63. The number of ether oxygens (including phenoxy) is 2. The fraction of sp³-hybridized carbons (Fsp3) is 0.0952. The second-order valence-corrected chi connectivity index (χ2v) is 7.53. The van der Waals surface area contributed by atoms with Gasteiger partial charge < -0.3 is 9.47 Å². The topological polar surface area (TPSA) is 64.6 Å².